The van der Waals surface area contributed by atoms with Gasteiger partial charge in [0, 0.05) is 12.7 Å². The number of allylic oxidation sites excluding steroid dienone is 1. The molecule has 0 aromatic heterocycles. The van der Waals surface area contributed by atoms with Gasteiger partial charge in [-0.25, -0.2) is 0 Å². The summed E-state index contributed by atoms with van der Waals surface area (Å²) >= 11 is 1.46. The van der Waals surface area contributed by atoms with E-state index in [1.165, 1.54) is 76.0 Å². The van der Waals surface area contributed by atoms with Crippen LogP contribution in [0.5, 0.6) is 0 Å². The summed E-state index contributed by atoms with van der Waals surface area (Å²) in [5.74, 6) is 1.01. The third-order valence-electron chi connectivity index (χ3n) is 2.86. The van der Waals surface area contributed by atoms with Gasteiger partial charge >= 0.3 is 0 Å². The predicted octanol–water partition coefficient (Wildman–Crippen LogP) is 5.35. The number of unbranched alkanes of at least 4 members (excludes halogenated alkanes) is 9. The molecule has 0 bridgehead atoms. The first-order chi connectivity index (χ1) is 8.27. The smallest absolute Gasteiger partial charge is 0.185 e. The normalized spacial score (nSPS) is 10.4. The highest BCUT2D eigenvalue weighted by molar-refractivity contribution is 8.13. The van der Waals surface area contributed by atoms with Crippen LogP contribution in [0.4, 0.5) is 0 Å². The monoisotopic (exact) mass is 256 g/mol. The van der Waals surface area contributed by atoms with Crippen molar-refractivity contribution >= 4 is 16.9 Å². The largest absolute Gasteiger partial charge is 0.288 e. The van der Waals surface area contributed by atoms with E-state index >= 15 is 0 Å². The van der Waals surface area contributed by atoms with Gasteiger partial charge in [-0.3, -0.25) is 4.79 Å². The van der Waals surface area contributed by atoms with Crippen LogP contribution in [0, 0.1) is 0 Å². The fourth-order valence-electron chi connectivity index (χ4n) is 1.84. The quantitative estimate of drug-likeness (QED) is 0.346. The molecule has 0 saturated heterocycles. The van der Waals surface area contributed by atoms with E-state index in [2.05, 4.69) is 6.58 Å². The van der Waals surface area contributed by atoms with Crippen molar-refractivity contribution in [3.63, 3.8) is 0 Å². The van der Waals surface area contributed by atoms with Gasteiger partial charge in [0.05, 0.1) is 0 Å². The molecular formula is C15H28OS. The van der Waals surface area contributed by atoms with Gasteiger partial charge in [0.1, 0.15) is 0 Å². The van der Waals surface area contributed by atoms with E-state index in [0.29, 0.717) is 0 Å². The summed E-state index contributed by atoms with van der Waals surface area (Å²) in [5.41, 5.74) is 0. The summed E-state index contributed by atoms with van der Waals surface area (Å²) < 4.78 is 0. The number of carbonyl (C=O) groups is 1. The zero-order valence-corrected chi connectivity index (χ0v) is 12.2. The first-order valence-corrected chi connectivity index (χ1v) is 8.00. The number of hydrogen-bond donors (Lipinski definition) is 0. The third-order valence-corrected chi connectivity index (χ3v) is 3.76. The lowest BCUT2D eigenvalue weighted by Gasteiger charge is -2.01. The van der Waals surface area contributed by atoms with Crippen molar-refractivity contribution < 1.29 is 4.79 Å². The van der Waals surface area contributed by atoms with Crippen molar-refractivity contribution in [3.05, 3.63) is 12.7 Å². The minimum Gasteiger partial charge on any atom is -0.288 e. The molecule has 0 amide bonds. The summed E-state index contributed by atoms with van der Waals surface area (Å²) in [6.07, 6.45) is 15.2. The SMILES string of the molecule is C=CCCCCCCCCCCCSC(C)=O. The van der Waals surface area contributed by atoms with Crippen molar-refractivity contribution in [3.8, 4) is 0 Å². The van der Waals surface area contributed by atoms with E-state index in [1.807, 2.05) is 6.08 Å². The first kappa shape index (κ1) is 16.8. The summed E-state index contributed by atoms with van der Waals surface area (Å²) in [6, 6.07) is 0. The van der Waals surface area contributed by atoms with Gasteiger partial charge < -0.3 is 0 Å². The average Bonchev–Trinajstić information content (AvgIpc) is 2.30. The second-order valence-electron chi connectivity index (χ2n) is 4.60. The minimum absolute atomic E-state index is 0.254. The van der Waals surface area contributed by atoms with E-state index in [-0.39, 0.29) is 5.12 Å². The summed E-state index contributed by atoms with van der Waals surface area (Å²) in [5, 5.41) is 0.254. The number of rotatable bonds is 12. The van der Waals surface area contributed by atoms with E-state index < -0.39 is 0 Å². The summed E-state index contributed by atoms with van der Waals surface area (Å²) in [6.45, 7) is 5.38. The van der Waals surface area contributed by atoms with Crippen LogP contribution in [0.25, 0.3) is 0 Å². The Balaban J connectivity index is 2.94. The van der Waals surface area contributed by atoms with Crippen molar-refractivity contribution in [2.75, 3.05) is 5.75 Å². The first-order valence-electron chi connectivity index (χ1n) is 7.01. The Morgan fingerprint density at radius 1 is 0.941 bits per heavy atom. The lowest BCUT2D eigenvalue weighted by molar-refractivity contribution is -0.109. The molecule has 0 aliphatic carbocycles. The molecule has 1 nitrogen and oxygen atoms in total. The second kappa shape index (κ2) is 13.8. The van der Waals surface area contributed by atoms with E-state index in [9.17, 15) is 4.79 Å². The van der Waals surface area contributed by atoms with Crippen molar-refractivity contribution in [2.45, 2.75) is 71.1 Å². The van der Waals surface area contributed by atoms with Crippen LogP contribution < -0.4 is 0 Å². The molecule has 0 aliphatic heterocycles. The minimum atomic E-state index is 0.254. The molecule has 0 fully saturated rings. The van der Waals surface area contributed by atoms with Gasteiger partial charge in [-0.15, -0.1) is 6.58 Å². The Morgan fingerprint density at radius 3 is 1.88 bits per heavy atom. The molecule has 0 aliphatic rings. The van der Waals surface area contributed by atoms with Crippen LogP contribution in [0.3, 0.4) is 0 Å². The maximum Gasteiger partial charge on any atom is 0.185 e. The Hall–Kier alpha value is -0.240. The molecule has 0 aromatic carbocycles. The van der Waals surface area contributed by atoms with Gasteiger partial charge in [-0.2, -0.15) is 0 Å². The van der Waals surface area contributed by atoms with Crippen LogP contribution in [-0.4, -0.2) is 10.9 Å². The zero-order valence-electron chi connectivity index (χ0n) is 11.4. The molecule has 0 rings (SSSR count). The number of carbonyl (C=O) groups excluding carboxylic acids is 1. The Morgan fingerprint density at radius 2 is 1.41 bits per heavy atom. The molecule has 0 atom stereocenters. The molecule has 17 heavy (non-hydrogen) atoms. The van der Waals surface area contributed by atoms with Gasteiger partial charge in [-0.1, -0.05) is 62.8 Å². The molecule has 0 heterocycles. The van der Waals surface area contributed by atoms with Crippen molar-refractivity contribution in [1.29, 1.82) is 0 Å². The number of thioether (sulfide) groups is 1. The van der Waals surface area contributed by atoms with Crippen LogP contribution in [0.2, 0.25) is 0 Å². The van der Waals surface area contributed by atoms with Crippen molar-refractivity contribution in [2.24, 2.45) is 0 Å². The fraction of sp³-hybridized carbons (Fsp3) is 0.800. The van der Waals surface area contributed by atoms with Gasteiger partial charge in [0.25, 0.3) is 0 Å². The van der Waals surface area contributed by atoms with Crippen LogP contribution in [-0.2, 0) is 4.79 Å². The predicted molar refractivity (Wildman–Crippen MR) is 79.5 cm³/mol. The standard InChI is InChI=1S/C15H28OS/c1-3-4-5-6-7-8-9-10-11-12-13-14-17-15(2)16/h3H,1,4-14H2,2H3. The molecular weight excluding hydrogens is 228 g/mol. The highest BCUT2D eigenvalue weighted by Gasteiger charge is 1.95. The maximum absolute atomic E-state index is 10.7. The molecule has 0 saturated carbocycles. The van der Waals surface area contributed by atoms with Crippen LogP contribution in [0.15, 0.2) is 12.7 Å². The highest BCUT2D eigenvalue weighted by atomic mass is 32.2. The second-order valence-corrected chi connectivity index (χ2v) is 5.87. The molecule has 0 spiro atoms. The van der Waals surface area contributed by atoms with E-state index in [1.54, 1.807) is 6.92 Å². The molecule has 0 N–H and O–H groups in total. The highest BCUT2D eigenvalue weighted by Crippen LogP contribution is 2.12. The van der Waals surface area contributed by atoms with E-state index in [4.69, 9.17) is 0 Å². The van der Waals surface area contributed by atoms with Gasteiger partial charge in [0.2, 0.25) is 0 Å². The Labute approximate surface area is 111 Å². The average molecular weight is 256 g/mol. The molecule has 0 unspecified atom stereocenters. The van der Waals surface area contributed by atoms with Gasteiger partial charge in [0.15, 0.2) is 5.12 Å². The topological polar surface area (TPSA) is 17.1 Å². The van der Waals surface area contributed by atoms with Crippen LogP contribution >= 0.6 is 11.8 Å². The zero-order chi connectivity index (χ0) is 12.8. The summed E-state index contributed by atoms with van der Waals surface area (Å²) in [7, 11) is 0. The summed E-state index contributed by atoms with van der Waals surface area (Å²) in [4.78, 5) is 10.7. The van der Waals surface area contributed by atoms with Crippen LogP contribution in [0.1, 0.15) is 71.1 Å². The molecule has 0 radical (unpaired) electrons. The van der Waals surface area contributed by atoms with Gasteiger partial charge in [-0.05, 0) is 19.3 Å². The maximum atomic E-state index is 10.7. The van der Waals surface area contributed by atoms with E-state index in [0.717, 1.165) is 5.75 Å². The Bertz CT molecular complexity index is 189. The lowest BCUT2D eigenvalue weighted by atomic mass is 10.1. The fourth-order valence-corrected chi connectivity index (χ4v) is 2.48. The molecule has 0 aromatic rings. The Kier molecular flexibility index (Phi) is 13.6. The van der Waals surface area contributed by atoms with Crippen molar-refractivity contribution in [1.82, 2.24) is 0 Å². The number of hydrogen-bond acceptors (Lipinski definition) is 2. The third kappa shape index (κ3) is 15.8. The lowest BCUT2D eigenvalue weighted by Crippen LogP contribution is -1.87. The molecule has 2 heteroatoms. The molecule has 100 valence electrons.